The molecular formula is C14H14FN5O. The summed E-state index contributed by atoms with van der Waals surface area (Å²) in [5.74, 6) is 0.0929. The van der Waals surface area contributed by atoms with E-state index in [1.54, 1.807) is 38.5 Å². The van der Waals surface area contributed by atoms with Gasteiger partial charge in [-0.05, 0) is 6.07 Å². The van der Waals surface area contributed by atoms with E-state index in [0.717, 1.165) is 0 Å². The first-order chi connectivity index (χ1) is 10.1. The van der Waals surface area contributed by atoms with Gasteiger partial charge in [0.15, 0.2) is 5.65 Å². The minimum Gasteiger partial charge on any atom is -0.357 e. The quantitative estimate of drug-likeness (QED) is 0.790. The first kappa shape index (κ1) is 13.3. The number of aryl methyl sites for hydroxylation is 1. The zero-order chi connectivity index (χ0) is 15.0. The number of benzene rings is 1. The molecule has 2 aromatic heterocycles. The van der Waals surface area contributed by atoms with E-state index in [0.29, 0.717) is 22.7 Å². The van der Waals surface area contributed by atoms with Crippen LogP contribution in [-0.2, 0) is 13.6 Å². The number of hydrogen-bond donors (Lipinski definition) is 1. The van der Waals surface area contributed by atoms with E-state index in [1.807, 2.05) is 0 Å². The summed E-state index contributed by atoms with van der Waals surface area (Å²) >= 11 is 0. The van der Waals surface area contributed by atoms with E-state index in [4.69, 9.17) is 0 Å². The minimum absolute atomic E-state index is 0.144. The zero-order valence-electron chi connectivity index (χ0n) is 11.7. The normalized spacial score (nSPS) is 11.0. The largest absolute Gasteiger partial charge is 0.357 e. The second-order valence-electron chi connectivity index (χ2n) is 4.67. The van der Waals surface area contributed by atoms with Gasteiger partial charge in [-0.3, -0.25) is 9.13 Å². The van der Waals surface area contributed by atoms with Crippen molar-refractivity contribution in [2.45, 2.75) is 6.54 Å². The molecule has 0 aliphatic rings. The van der Waals surface area contributed by atoms with Gasteiger partial charge in [-0.15, -0.1) is 0 Å². The summed E-state index contributed by atoms with van der Waals surface area (Å²) in [6.45, 7) is 0.144. The molecular weight excluding hydrogens is 273 g/mol. The summed E-state index contributed by atoms with van der Waals surface area (Å²) in [6.07, 6.45) is 1.57. The molecule has 0 aliphatic heterocycles. The summed E-state index contributed by atoms with van der Waals surface area (Å²) in [4.78, 5) is 20.7. The molecule has 2 heterocycles. The number of hydrogen-bond acceptors (Lipinski definition) is 4. The number of halogens is 1. The summed E-state index contributed by atoms with van der Waals surface area (Å²) < 4.78 is 16.7. The molecule has 3 aromatic rings. The zero-order valence-corrected chi connectivity index (χ0v) is 11.7. The van der Waals surface area contributed by atoms with Crippen LogP contribution in [0.3, 0.4) is 0 Å². The minimum atomic E-state index is -0.339. The average molecular weight is 287 g/mol. The monoisotopic (exact) mass is 287 g/mol. The number of nitrogens with one attached hydrogen (secondary N) is 1. The molecule has 0 fully saturated rings. The lowest BCUT2D eigenvalue weighted by atomic mass is 10.2. The SMILES string of the molecule is CNc1ncc2c(n1)n(C)c(=O)n2Cc1ccccc1F. The van der Waals surface area contributed by atoms with Gasteiger partial charge in [0.1, 0.15) is 11.3 Å². The number of fused-ring (bicyclic) bond motifs is 1. The lowest BCUT2D eigenvalue weighted by molar-refractivity contribution is 0.597. The summed E-state index contributed by atoms with van der Waals surface area (Å²) in [7, 11) is 3.34. The maximum absolute atomic E-state index is 13.8. The molecule has 3 rings (SSSR count). The molecule has 6 nitrogen and oxygen atoms in total. The molecule has 0 atom stereocenters. The number of nitrogens with zero attached hydrogens (tertiary/aromatic N) is 4. The number of anilines is 1. The van der Waals surface area contributed by atoms with Crippen molar-refractivity contribution in [2.75, 3.05) is 12.4 Å². The van der Waals surface area contributed by atoms with E-state index in [-0.39, 0.29) is 18.1 Å². The van der Waals surface area contributed by atoms with Gasteiger partial charge in [0.25, 0.3) is 0 Å². The van der Waals surface area contributed by atoms with E-state index in [1.165, 1.54) is 15.2 Å². The second-order valence-corrected chi connectivity index (χ2v) is 4.67. The van der Waals surface area contributed by atoms with Crippen LogP contribution in [0.15, 0.2) is 35.3 Å². The van der Waals surface area contributed by atoms with Crippen LogP contribution in [0.1, 0.15) is 5.56 Å². The fourth-order valence-electron chi connectivity index (χ4n) is 2.25. The first-order valence-corrected chi connectivity index (χ1v) is 6.45. The van der Waals surface area contributed by atoms with Crippen molar-refractivity contribution in [3.8, 4) is 0 Å². The standard InChI is InChI=1S/C14H14FN5O/c1-16-13-17-7-11-12(18-13)19(2)14(21)20(11)8-9-5-3-4-6-10(9)15/h3-7H,8H2,1-2H3,(H,16,17,18). The molecule has 0 radical (unpaired) electrons. The Bertz CT molecular complexity index is 867. The van der Waals surface area contributed by atoms with Crippen LogP contribution in [0.4, 0.5) is 10.3 Å². The van der Waals surface area contributed by atoms with Crippen molar-refractivity contribution < 1.29 is 4.39 Å². The number of rotatable bonds is 3. The topological polar surface area (TPSA) is 64.7 Å². The average Bonchev–Trinajstić information content (AvgIpc) is 2.74. The van der Waals surface area contributed by atoms with E-state index >= 15 is 0 Å². The fraction of sp³-hybridized carbons (Fsp3) is 0.214. The third-order valence-corrected chi connectivity index (χ3v) is 3.39. The van der Waals surface area contributed by atoms with Crippen LogP contribution in [0.5, 0.6) is 0 Å². The van der Waals surface area contributed by atoms with E-state index in [9.17, 15) is 9.18 Å². The van der Waals surface area contributed by atoms with Crippen LogP contribution in [0, 0.1) is 5.82 Å². The van der Waals surface area contributed by atoms with Crippen molar-refractivity contribution in [3.63, 3.8) is 0 Å². The Hall–Kier alpha value is -2.70. The smallest absolute Gasteiger partial charge is 0.330 e. The molecule has 0 aliphatic carbocycles. The molecule has 7 heteroatoms. The lowest BCUT2D eigenvalue weighted by Crippen LogP contribution is -2.23. The second kappa shape index (κ2) is 5.01. The molecule has 1 aromatic carbocycles. The van der Waals surface area contributed by atoms with Crippen molar-refractivity contribution in [2.24, 2.45) is 7.05 Å². The van der Waals surface area contributed by atoms with Crippen LogP contribution in [0.25, 0.3) is 11.2 Å². The molecule has 0 saturated heterocycles. The summed E-state index contributed by atoms with van der Waals surface area (Å²) in [5, 5.41) is 2.83. The summed E-state index contributed by atoms with van der Waals surface area (Å²) in [5.41, 5.74) is 1.28. The third kappa shape index (κ3) is 2.16. The molecule has 1 N–H and O–H groups in total. The van der Waals surface area contributed by atoms with Crippen molar-refractivity contribution in [1.82, 2.24) is 19.1 Å². The third-order valence-electron chi connectivity index (χ3n) is 3.39. The van der Waals surface area contributed by atoms with Gasteiger partial charge in [0.2, 0.25) is 5.95 Å². The molecule has 0 spiro atoms. The van der Waals surface area contributed by atoms with Crippen LogP contribution >= 0.6 is 0 Å². The predicted octanol–water partition coefficient (Wildman–Crippen LogP) is 1.36. The highest BCUT2D eigenvalue weighted by molar-refractivity contribution is 5.72. The Labute approximate surface area is 119 Å². The van der Waals surface area contributed by atoms with Crippen LogP contribution in [-0.4, -0.2) is 26.1 Å². The molecule has 21 heavy (non-hydrogen) atoms. The lowest BCUT2D eigenvalue weighted by Gasteiger charge is -2.04. The predicted molar refractivity (Wildman–Crippen MR) is 77.8 cm³/mol. The van der Waals surface area contributed by atoms with Gasteiger partial charge in [0.05, 0.1) is 12.7 Å². The Kier molecular flexibility index (Phi) is 3.17. The maximum atomic E-state index is 13.8. The Balaban J connectivity index is 2.17. The van der Waals surface area contributed by atoms with Crippen molar-refractivity contribution in [1.29, 1.82) is 0 Å². The van der Waals surface area contributed by atoms with Gasteiger partial charge >= 0.3 is 5.69 Å². The highest BCUT2D eigenvalue weighted by atomic mass is 19.1. The summed E-state index contributed by atoms with van der Waals surface area (Å²) in [6, 6.07) is 6.39. The maximum Gasteiger partial charge on any atom is 0.330 e. The van der Waals surface area contributed by atoms with Crippen molar-refractivity contribution in [3.05, 3.63) is 52.3 Å². The van der Waals surface area contributed by atoms with Gasteiger partial charge in [-0.1, -0.05) is 18.2 Å². The molecule has 0 unspecified atom stereocenters. The van der Waals surface area contributed by atoms with E-state index in [2.05, 4.69) is 15.3 Å². The van der Waals surface area contributed by atoms with Gasteiger partial charge in [-0.2, -0.15) is 4.98 Å². The van der Waals surface area contributed by atoms with Gasteiger partial charge in [-0.25, -0.2) is 14.2 Å². The molecule has 0 bridgehead atoms. The van der Waals surface area contributed by atoms with Crippen LogP contribution < -0.4 is 11.0 Å². The van der Waals surface area contributed by atoms with Crippen molar-refractivity contribution >= 4 is 17.1 Å². The highest BCUT2D eigenvalue weighted by Gasteiger charge is 2.14. The van der Waals surface area contributed by atoms with E-state index < -0.39 is 0 Å². The Morgan fingerprint density at radius 2 is 2.10 bits per heavy atom. The number of imidazole rings is 1. The fourth-order valence-corrected chi connectivity index (χ4v) is 2.25. The highest BCUT2D eigenvalue weighted by Crippen LogP contribution is 2.14. The van der Waals surface area contributed by atoms with Crippen LogP contribution in [0.2, 0.25) is 0 Å². The Morgan fingerprint density at radius 3 is 2.81 bits per heavy atom. The molecule has 0 saturated carbocycles. The van der Waals surface area contributed by atoms with Gasteiger partial charge < -0.3 is 5.32 Å². The molecule has 0 amide bonds. The molecule has 108 valence electrons. The number of aromatic nitrogens is 4. The first-order valence-electron chi connectivity index (χ1n) is 6.45. The van der Waals surface area contributed by atoms with Gasteiger partial charge in [0, 0.05) is 19.7 Å². The Morgan fingerprint density at radius 1 is 1.33 bits per heavy atom.